The Morgan fingerprint density at radius 1 is 1.00 bits per heavy atom. The summed E-state index contributed by atoms with van der Waals surface area (Å²) in [5.74, 6) is 1.67. The molecule has 1 heteroatoms. The van der Waals surface area contributed by atoms with Crippen molar-refractivity contribution in [3.8, 4) is 0 Å². The molecule has 0 saturated carbocycles. The van der Waals surface area contributed by atoms with E-state index < -0.39 is 5.60 Å². The van der Waals surface area contributed by atoms with E-state index in [0.717, 1.165) is 24.7 Å². The second-order valence-corrected chi connectivity index (χ2v) is 6.17. The van der Waals surface area contributed by atoms with E-state index in [1.165, 1.54) is 32.1 Å². The minimum Gasteiger partial charge on any atom is -0.390 e. The molecular formula is C15H32O. The van der Waals surface area contributed by atoms with Crippen LogP contribution in [-0.2, 0) is 0 Å². The highest BCUT2D eigenvalue weighted by Gasteiger charge is 2.16. The fourth-order valence-corrected chi connectivity index (χ4v) is 2.03. The first-order chi connectivity index (χ1) is 7.37. The van der Waals surface area contributed by atoms with Crippen LogP contribution in [0.15, 0.2) is 0 Å². The zero-order chi connectivity index (χ0) is 12.6. The first-order valence-electron chi connectivity index (χ1n) is 7.09. The molecule has 0 fully saturated rings. The maximum Gasteiger partial charge on any atom is 0.0617 e. The highest BCUT2D eigenvalue weighted by Crippen LogP contribution is 2.22. The van der Waals surface area contributed by atoms with Crippen molar-refractivity contribution in [2.75, 3.05) is 0 Å². The molecule has 2 atom stereocenters. The van der Waals surface area contributed by atoms with Crippen LogP contribution < -0.4 is 0 Å². The quantitative estimate of drug-likeness (QED) is 0.602. The van der Waals surface area contributed by atoms with Crippen LogP contribution in [0.5, 0.6) is 0 Å². The Hall–Kier alpha value is -0.0400. The van der Waals surface area contributed by atoms with Gasteiger partial charge in [0.05, 0.1) is 5.60 Å². The molecule has 0 amide bonds. The number of rotatable bonds is 9. The first kappa shape index (κ1) is 16.0. The van der Waals surface area contributed by atoms with Crippen molar-refractivity contribution in [2.24, 2.45) is 11.8 Å². The minimum atomic E-state index is -0.433. The van der Waals surface area contributed by atoms with E-state index in [1.807, 2.05) is 6.92 Å². The first-order valence-corrected chi connectivity index (χ1v) is 7.09. The van der Waals surface area contributed by atoms with E-state index in [4.69, 9.17) is 0 Å². The van der Waals surface area contributed by atoms with Gasteiger partial charge < -0.3 is 5.11 Å². The van der Waals surface area contributed by atoms with Crippen molar-refractivity contribution < 1.29 is 5.11 Å². The molecule has 98 valence electrons. The van der Waals surface area contributed by atoms with Gasteiger partial charge in [-0.2, -0.15) is 0 Å². The normalized spacial score (nSPS) is 17.4. The third kappa shape index (κ3) is 9.21. The number of hydrogen-bond donors (Lipinski definition) is 1. The van der Waals surface area contributed by atoms with Crippen molar-refractivity contribution in [1.29, 1.82) is 0 Å². The maximum atomic E-state index is 9.88. The summed E-state index contributed by atoms with van der Waals surface area (Å²) in [6.45, 7) is 11.0. The molecule has 1 nitrogen and oxygen atoms in total. The van der Waals surface area contributed by atoms with Crippen LogP contribution in [-0.4, -0.2) is 10.7 Å². The summed E-state index contributed by atoms with van der Waals surface area (Å²) >= 11 is 0. The summed E-state index contributed by atoms with van der Waals surface area (Å²) in [4.78, 5) is 0. The summed E-state index contributed by atoms with van der Waals surface area (Å²) < 4.78 is 0. The lowest BCUT2D eigenvalue weighted by atomic mass is 9.91. The van der Waals surface area contributed by atoms with Crippen molar-refractivity contribution in [3.63, 3.8) is 0 Å². The van der Waals surface area contributed by atoms with Gasteiger partial charge in [0.25, 0.3) is 0 Å². The lowest BCUT2D eigenvalue weighted by Crippen LogP contribution is -2.22. The van der Waals surface area contributed by atoms with E-state index in [0.29, 0.717) is 0 Å². The van der Waals surface area contributed by atoms with Crippen molar-refractivity contribution in [2.45, 2.75) is 85.2 Å². The van der Waals surface area contributed by atoms with Gasteiger partial charge in [-0.1, -0.05) is 59.8 Å². The molecule has 0 radical (unpaired) electrons. The highest BCUT2D eigenvalue weighted by molar-refractivity contribution is 4.70. The van der Waals surface area contributed by atoms with Crippen molar-refractivity contribution in [1.82, 2.24) is 0 Å². The van der Waals surface area contributed by atoms with Gasteiger partial charge in [0.2, 0.25) is 0 Å². The molecular weight excluding hydrogens is 196 g/mol. The predicted octanol–water partition coefficient (Wildman–Crippen LogP) is 4.78. The minimum absolute atomic E-state index is 0.433. The fraction of sp³-hybridized carbons (Fsp3) is 1.00. The third-order valence-corrected chi connectivity index (χ3v) is 3.65. The highest BCUT2D eigenvalue weighted by atomic mass is 16.3. The van der Waals surface area contributed by atoms with E-state index in [1.54, 1.807) is 0 Å². The van der Waals surface area contributed by atoms with Gasteiger partial charge in [0, 0.05) is 0 Å². The van der Waals surface area contributed by atoms with Crippen LogP contribution in [0.25, 0.3) is 0 Å². The smallest absolute Gasteiger partial charge is 0.0617 e. The van der Waals surface area contributed by atoms with Gasteiger partial charge in [-0.3, -0.25) is 0 Å². The summed E-state index contributed by atoms with van der Waals surface area (Å²) in [6, 6.07) is 0. The van der Waals surface area contributed by atoms with Crippen LogP contribution in [0.2, 0.25) is 0 Å². The van der Waals surface area contributed by atoms with Crippen molar-refractivity contribution >= 4 is 0 Å². The summed E-state index contributed by atoms with van der Waals surface area (Å²) in [5, 5.41) is 9.88. The molecule has 0 aliphatic rings. The molecule has 2 unspecified atom stereocenters. The molecule has 0 heterocycles. The Bertz CT molecular complexity index is 161. The van der Waals surface area contributed by atoms with Crippen LogP contribution in [0.3, 0.4) is 0 Å². The Labute approximate surface area is 103 Å². The van der Waals surface area contributed by atoms with Gasteiger partial charge in [-0.25, -0.2) is 0 Å². The van der Waals surface area contributed by atoms with Gasteiger partial charge in [-0.15, -0.1) is 0 Å². The molecule has 0 aliphatic heterocycles. The Balaban J connectivity index is 3.47. The Morgan fingerprint density at radius 3 is 2.06 bits per heavy atom. The van der Waals surface area contributed by atoms with E-state index in [9.17, 15) is 5.11 Å². The second-order valence-electron chi connectivity index (χ2n) is 6.17. The van der Waals surface area contributed by atoms with Crippen LogP contribution in [0, 0.1) is 11.8 Å². The molecule has 1 N–H and O–H groups in total. The Morgan fingerprint density at radius 2 is 1.56 bits per heavy atom. The van der Waals surface area contributed by atoms with Gasteiger partial charge in [0.15, 0.2) is 0 Å². The molecule has 0 saturated heterocycles. The largest absolute Gasteiger partial charge is 0.390 e. The summed E-state index contributed by atoms with van der Waals surface area (Å²) in [5.41, 5.74) is -0.433. The molecule has 0 spiro atoms. The van der Waals surface area contributed by atoms with Gasteiger partial charge >= 0.3 is 0 Å². The third-order valence-electron chi connectivity index (χ3n) is 3.65. The monoisotopic (exact) mass is 228 g/mol. The molecule has 0 aromatic carbocycles. The SMILES string of the molecule is CCC(C)(O)CCCC(C)CCCC(C)C. The summed E-state index contributed by atoms with van der Waals surface area (Å²) in [6.07, 6.45) is 8.34. The van der Waals surface area contributed by atoms with Crippen molar-refractivity contribution in [3.05, 3.63) is 0 Å². The molecule has 0 aromatic heterocycles. The topological polar surface area (TPSA) is 20.2 Å². The average molecular weight is 228 g/mol. The average Bonchev–Trinajstić information content (AvgIpc) is 2.17. The van der Waals surface area contributed by atoms with E-state index in [2.05, 4.69) is 27.7 Å². The van der Waals surface area contributed by atoms with Gasteiger partial charge in [-0.05, 0) is 31.6 Å². The molecule has 0 aliphatic carbocycles. The van der Waals surface area contributed by atoms with Crippen LogP contribution in [0.4, 0.5) is 0 Å². The molecule has 0 rings (SSSR count). The lowest BCUT2D eigenvalue weighted by Gasteiger charge is -2.22. The lowest BCUT2D eigenvalue weighted by molar-refractivity contribution is 0.0432. The number of aliphatic hydroxyl groups is 1. The van der Waals surface area contributed by atoms with Crippen LogP contribution >= 0.6 is 0 Å². The standard InChI is InChI=1S/C15H32O/c1-6-15(5,16)12-8-11-14(4)10-7-9-13(2)3/h13-14,16H,6-12H2,1-5H3. The van der Waals surface area contributed by atoms with Gasteiger partial charge in [0.1, 0.15) is 0 Å². The van der Waals surface area contributed by atoms with E-state index in [-0.39, 0.29) is 0 Å². The second kappa shape index (κ2) is 8.11. The molecule has 16 heavy (non-hydrogen) atoms. The van der Waals surface area contributed by atoms with E-state index >= 15 is 0 Å². The molecule has 0 bridgehead atoms. The molecule has 0 aromatic rings. The zero-order valence-corrected chi connectivity index (χ0v) is 12.1. The summed E-state index contributed by atoms with van der Waals surface area (Å²) in [7, 11) is 0. The zero-order valence-electron chi connectivity index (χ0n) is 12.1. The predicted molar refractivity (Wildman–Crippen MR) is 72.6 cm³/mol. The fourth-order valence-electron chi connectivity index (χ4n) is 2.03. The Kier molecular flexibility index (Phi) is 8.09. The van der Waals surface area contributed by atoms with Crippen LogP contribution in [0.1, 0.15) is 79.6 Å². The maximum absolute atomic E-state index is 9.88. The number of hydrogen-bond acceptors (Lipinski definition) is 1.